The summed E-state index contributed by atoms with van der Waals surface area (Å²) in [6, 6.07) is 1.24. The number of nitrogen functional groups attached to an aromatic ring is 1. The molecule has 2 unspecified atom stereocenters. The van der Waals surface area contributed by atoms with Crippen LogP contribution in [-0.2, 0) is 46.3 Å². The van der Waals surface area contributed by atoms with E-state index in [1.54, 1.807) is 12.2 Å². The van der Waals surface area contributed by atoms with Crippen LogP contribution in [0.1, 0.15) is 149 Å². The number of rotatable bonds is 19. The number of phosphoric acid groups is 2. The molecule has 0 aromatic carbocycles. The van der Waals surface area contributed by atoms with Gasteiger partial charge in [0.1, 0.15) is 30.9 Å². The normalized spacial score (nSPS) is 31.7. The van der Waals surface area contributed by atoms with Crippen molar-refractivity contribution in [2.45, 2.75) is 192 Å². The van der Waals surface area contributed by atoms with Crippen LogP contribution >= 0.6 is 15.6 Å². The molecule has 1 fully saturated rings. The van der Waals surface area contributed by atoms with Crippen LogP contribution in [0.25, 0.3) is 0 Å². The van der Waals surface area contributed by atoms with Gasteiger partial charge in [0.25, 0.3) is 0 Å². The molecule has 9 N–H and O–H groups in total. The maximum absolute atomic E-state index is 13.3. The fourth-order valence-electron chi connectivity index (χ4n) is 8.07. The number of nitrogens with two attached hydrogens (primary N) is 1. The number of carbonyl (C=O) groups is 2. The summed E-state index contributed by atoms with van der Waals surface area (Å²) in [5.41, 5.74) is 4.77. The number of fused-ring (bicyclic) bond motifs is 3. The molecule has 23 heteroatoms. The molecular weight excluding hydrogens is 944 g/mol. The van der Waals surface area contributed by atoms with Gasteiger partial charge in [-0.1, -0.05) is 116 Å². The molecule has 12 atom stereocenters. The van der Waals surface area contributed by atoms with Gasteiger partial charge in [-0.3, -0.25) is 23.2 Å². The minimum absolute atomic E-state index is 0.00113. The summed E-state index contributed by atoms with van der Waals surface area (Å²) in [4.78, 5) is 64.1. The fraction of sp³-hybridized carbons (Fsp3) is 0.783. The van der Waals surface area contributed by atoms with Gasteiger partial charge in [-0.15, -0.1) is 0 Å². The van der Waals surface area contributed by atoms with Crippen LogP contribution in [0.2, 0.25) is 0 Å². The van der Waals surface area contributed by atoms with Crippen molar-refractivity contribution < 1.29 is 81.6 Å². The van der Waals surface area contributed by atoms with Gasteiger partial charge in [0.15, 0.2) is 6.10 Å². The third kappa shape index (κ3) is 23.5. The number of ether oxygens (including phenoxy) is 3. The summed E-state index contributed by atoms with van der Waals surface area (Å²) in [7, 11) is -11.3. The zero-order chi connectivity index (χ0) is 51.0. The Morgan fingerprint density at radius 3 is 2.22 bits per heavy atom. The predicted molar refractivity (Wildman–Crippen MR) is 254 cm³/mol. The molecule has 1 aromatic heterocycles. The van der Waals surface area contributed by atoms with Crippen LogP contribution in [0, 0.1) is 17.8 Å². The van der Waals surface area contributed by atoms with Crippen LogP contribution < -0.4 is 11.4 Å². The van der Waals surface area contributed by atoms with E-state index < -0.39 is 120 Å². The van der Waals surface area contributed by atoms with E-state index in [1.807, 2.05) is 6.92 Å². The average molecular weight is 1020 g/mol. The monoisotopic (exact) mass is 1020 g/mol. The Morgan fingerprint density at radius 2 is 1.55 bits per heavy atom. The topological polar surface area (TPSA) is 326 Å². The Labute approximate surface area is 405 Å². The smallest absolute Gasteiger partial charge is 0.462 e. The second-order valence-electron chi connectivity index (χ2n) is 18.4. The Kier molecular flexibility index (Phi) is 27.6. The van der Waals surface area contributed by atoms with Gasteiger partial charge >= 0.3 is 33.3 Å². The minimum Gasteiger partial charge on any atom is -0.462 e. The third-order valence-electron chi connectivity index (χ3n) is 12.0. The number of phosphoric ester groups is 2. The largest absolute Gasteiger partial charge is 0.481 e. The molecule has 0 saturated carbocycles. The maximum atomic E-state index is 13.3. The maximum Gasteiger partial charge on any atom is 0.481 e. The molecular formula is C46H79N3O18P2. The van der Waals surface area contributed by atoms with Crippen molar-refractivity contribution in [1.29, 1.82) is 0 Å². The van der Waals surface area contributed by atoms with Crippen LogP contribution in [0.15, 0.2) is 41.4 Å². The SMILES string of the molecule is CCCCC[C@H](O)/C=C/[C@@H]1[C@H](O)[C@H](O)[C@H]2COP(=O)(O)OP(=O)(O)OC[C@H](OC(=O)CCCCCCCCCCC(C)C)COC(=O)CCC/C=C\C[C@H]([C@H](n3ccc(N)nc3=O)O2)[C@@H](O)C[C@H]1O. The summed E-state index contributed by atoms with van der Waals surface area (Å²) >= 11 is 0. The molecule has 3 heterocycles. The highest BCUT2D eigenvalue weighted by atomic mass is 31.3. The summed E-state index contributed by atoms with van der Waals surface area (Å²) in [5.74, 6) is -3.46. The van der Waals surface area contributed by atoms with Crippen molar-refractivity contribution in [1.82, 2.24) is 9.55 Å². The van der Waals surface area contributed by atoms with E-state index in [9.17, 15) is 58.8 Å². The summed E-state index contributed by atoms with van der Waals surface area (Å²) in [6.07, 6.45) is 5.62. The lowest BCUT2D eigenvalue weighted by atomic mass is 9.82. The lowest BCUT2D eigenvalue weighted by molar-refractivity contribution is -0.194. The molecule has 2 aliphatic rings. The molecule has 0 spiro atoms. The second-order valence-corrected chi connectivity index (χ2v) is 21.5. The van der Waals surface area contributed by atoms with E-state index in [1.165, 1.54) is 43.7 Å². The van der Waals surface area contributed by atoms with E-state index in [2.05, 4.69) is 23.1 Å². The Morgan fingerprint density at radius 1 is 0.899 bits per heavy atom. The number of nitrogens with zero attached hydrogens (tertiary/aromatic N) is 2. The zero-order valence-corrected chi connectivity index (χ0v) is 42.1. The number of carbonyl (C=O) groups excluding carboxylic acids is 2. The average Bonchev–Trinajstić information content (AvgIpc) is 3.27. The van der Waals surface area contributed by atoms with Gasteiger partial charge in [-0.2, -0.15) is 9.29 Å². The van der Waals surface area contributed by atoms with Gasteiger partial charge in [-0.25, -0.2) is 13.9 Å². The number of allylic oxidation sites excluding steroid dienone is 2. The van der Waals surface area contributed by atoms with Crippen LogP contribution in [0.4, 0.5) is 5.82 Å². The zero-order valence-electron chi connectivity index (χ0n) is 40.4. The quantitative estimate of drug-likeness (QED) is 0.0358. The van der Waals surface area contributed by atoms with E-state index >= 15 is 0 Å². The molecule has 0 radical (unpaired) electrons. The fourth-order valence-corrected chi connectivity index (χ4v) is 10.2. The Balaban J connectivity index is 1.90. The summed E-state index contributed by atoms with van der Waals surface area (Å²) in [5, 5.41) is 57.4. The first-order valence-electron chi connectivity index (χ1n) is 24.5. The number of aromatic nitrogens is 2. The highest BCUT2D eigenvalue weighted by Crippen LogP contribution is 2.60. The number of anilines is 1. The second kappa shape index (κ2) is 31.5. The van der Waals surface area contributed by atoms with Crippen molar-refractivity contribution in [3.63, 3.8) is 0 Å². The van der Waals surface area contributed by atoms with Crippen molar-refractivity contribution in [2.24, 2.45) is 17.8 Å². The van der Waals surface area contributed by atoms with Crippen molar-refractivity contribution in [2.75, 3.05) is 25.6 Å². The number of cyclic esters (lactones) is 1. The molecule has 0 amide bonds. The van der Waals surface area contributed by atoms with E-state index in [0.717, 1.165) is 49.5 Å². The molecule has 0 aliphatic carbocycles. The van der Waals surface area contributed by atoms with Gasteiger partial charge in [0.2, 0.25) is 0 Å². The Hall–Kier alpha value is -2.88. The molecule has 21 nitrogen and oxygen atoms in total. The van der Waals surface area contributed by atoms with Crippen LogP contribution in [0.3, 0.4) is 0 Å². The standard InChI is InChI=1S/C46H79N3O18P2/c1-4-5-14-20-33(50)24-25-35-37(51)28-38(52)36-21-16-12-13-17-22-41(53)62-29-34(65-42(54)23-18-11-9-7-6-8-10-15-19-32(2)3)30-63-68(58,59)67-69(60,61)64-31-39(44(56)43(35)55)66-45(36)49-27-26-40(47)48-46(49)57/h12,16,24-27,32-39,43-45,50-52,55-56H,4-11,13-15,17-23,28-31H2,1-3H3,(H,58,59)(H,60,61)(H2,47,48,57)/b16-12-,25-24+/t33-,34+,35-,36-,37+,38-,39+,43-,44+,45+/m0/s1. The molecule has 1 saturated heterocycles. The minimum atomic E-state index is -5.70. The predicted octanol–water partition coefficient (Wildman–Crippen LogP) is 5.68. The summed E-state index contributed by atoms with van der Waals surface area (Å²) in [6.45, 7) is 3.69. The molecule has 2 bridgehead atoms. The molecule has 69 heavy (non-hydrogen) atoms. The third-order valence-corrected chi connectivity index (χ3v) is 14.6. The number of aliphatic hydroxyl groups is 5. The first kappa shape index (κ1) is 60.4. The van der Waals surface area contributed by atoms with Gasteiger partial charge in [0.05, 0.1) is 37.6 Å². The Bertz CT molecular complexity index is 1890. The van der Waals surface area contributed by atoms with Crippen LogP contribution in [0.5, 0.6) is 0 Å². The highest BCUT2D eigenvalue weighted by Gasteiger charge is 2.45. The van der Waals surface area contributed by atoms with Gasteiger partial charge in [-0.05, 0) is 44.1 Å². The summed E-state index contributed by atoms with van der Waals surface area (Å²) < 4.78 is 58.9. The highest BCUT2D eigenvalue weighted by molar-refractivity contribution is 7.61. The first-order valence-corrected chi connectivity index (χ1v) is 27.5. The molecule has 2 aliphatic heterocycles. The van der Waals surface area contributed by atoms with Gasteiger partial charge in [0, 0.05) is 37.3 Å². The van der Waals surface area contributed by atoms with Crippen molar-refractivity contribution in [3.8, 4) is 0 Å². The lowest BCUT2D eigenvalue weighted by Crippen LogP contribution is -2.52. The molecule has 1 aromatic rings. The van der Waals surface area contributed by atoms with Crippen LogP contribution in [-0.4, -0.2) is 119 Å². The van der Waals surface area contributed by atoms with Gasteiger partial charge < -0.3 is 55.3 Å². The number of hydrogen-bond donors (Lipinski definition) is 8. The van der Waals surface area contributed by atoms with Crippen molar-refractivity contribution in [3.05, 3.63) is 47.1 Å². The van der Waals surface area contributed by atoms with Crippen molar-refractivity contribution >= 4 is 33.4 Å². The number of aliphatic hydroxyl groups excluding tert-OH is 5. The van der Waals surface area contributed by atoms with E-state index in [0.29, 0.717) is 31.6 Å². The number of hydrogen-bond acceptors (Lipinski definition) is 18. The number of esters is 2. The molecule has 396 valence electrons. The van der Waals surface area contributed by atoms with E-state index in [4.69, 9.17) is 29.0 Å². The molecule has 3 rings (SSSR count). The first-order chi connectivity index (χ1) is 32.7. The number of unbranched alkanes of at least 4 members (excludes halogenated alkanes) is 9. The van der Waals surface area contributed by atoms with E-state index in [-0.39, 0.29) is 31.5 Å². The lowest BCUT2D eigenvalue weighted by Gasteiger charge is -2.40.